The molecule has 0 aromatic heterocycles. The van der Waals surface area contributed by atoms with Crippen molar-refractivity contribution >= 4 is 104 Å². The van der Waals surface area contributed by atoms with Crippen LogP contribution in [0.25, 0.3) is 11.1 Å². The molecule has 0 aliphatic heterocycles. The summed E-state index contributed by atoms with van der Waals surface area (Å²) in [4.78, 5) is 24.6. The lowest BCUT2D eigenvalue weighted by atomic mass is 10.00. The highest BCUT2D eigenvalue weighted by Gasteiger charge is 2.12. The van der Waals surface area contributed by atoms with Crippen LogP contribution in [-0.2, 0) is 9.59 Å². The summed E-state index contributed by atoms with van der Waals surface area (Å²) < 4.78 is 10.9. The molecule has 0 spiro atoms. The van der Waals surface area contributed by atoms with Crippen LogP contribution in [0.3, 0.4) is 0 Å². The highest BCUT2D eigenvalue weighted by molar-refractivity contribution is 7.80. The second-order valence-electron chi connectivity index (χ2n) is 9.79. The maximum Gasteiger partial charge on any atom is 0.264 e. The van der Waals surface area contributed by atoms with E-state index < -0.39 is 11.8 Å². The van der Waals surface area contributed by atoms with Crippen molar-refractivity contribution < 1.29 is 19.1 Å². The van der Waals surface area contributed by atoms with Crippen LogP contribution < -0.4 is 30.7 Å². The molecule has 2 amide bonds. The summed E-state index contributed by atoms with van der Waals surface area (Å²) in [6, 6.07) is 21.1. The first kappa shape index (κ1) is 35.2. The molecule has 0 aliphatic carbocycles. The third kappa shape index (κ3) is 10.2. The fourth-order valence-corrected chi connectivity index (χ4v) is 5.44. The smallest absolute Gasteiger partial charge is 0.264 e. The van der Waals surface area contributed by atoms with E-state index in [1.807, 2.05) is 50.2 Å². The second-order valence-corrected chi connectivity index (χ2v) is 12.3. The number of anilines is 2. The molecular formula is C32H26Cl4N4O4S2. The first-order valence-corrected chi connectivity index (χ1v) is 15.8. The van der Waals surface area contributed by atoms with Gasteiger partial charge in [0.2, 0.25) is 0 Å². The number of rotatable bonds is 9. The second kappa shape index (κ2) is 16.3. The minimum Gasteiger partial charge on any atom is -0.482 e. The van der Waals surface area contributed by atoms with Gasteiger partial charge in [0.1, 0.15) is 11.5 Å². The Bertz CT molecular complexity index is 1690. The van der Waals surface area contributed by atoms with Gasteiger partial charge in [-0.1, -0.05) is 58.5 Å². The Hall–Kier alpha value is -3.64. The molecule has 14 heteroatoms. The van der Waals surface area contributed by atoms with Crippen molar-refractivity contribution in [2.45, 2.75) is 13.8 Å². The number of carbonyl (C=O) groups excluding carboxylic acids is 2. The summed E-state index contributed by atoms with van der Waals surface area (Å²) >= 11 is 34.5. The summed E-state index contributed by atoms with van der Waals surface area (Å²) in [5.41, 5.74) is 5.21. The highest BCUT2D eigenvalue weighted by atomic mass is 35.5. The van der Waals surface area contributed by atoms with Crippen LogP contribution in [0.15, 0.2) is 72.8 Å². The number of thiocarbonyl (C=S) groups is 2. The summed E-state index contributed by atoms with van der Waals surface area (Å²) in [5, 5.41) is 13.0. The molecule has 0 unspecified atom stereocenters. The van der Waals surface area contributed by atoms with Gasteiger partial charge < -0.3 is 20.1 Å². The van der Waals surface area contributed by atoms with Gasteiger partial charge in [0.25, 0.3) is 11.8 Å². The fraction of sp³-hybridized carbons (Fsp3) is 0.125. The lowest BCUT2D eigenvalue weighted by Crippen LogP contribution is -2.37. The van der Waals surface area contributed by atoms with E-state index in [2.05, 4.69) is 21.3 Å². The molecule has 46 heavy (non-hydrogen) atoms. The van der Waals surface area contributed by atoms with Crippen molar-refractivity contribution in [3.63, 3.8) is 0 Å². The monoisotopic (exact) mass is 734 g/mol. The number of carbonyl (C=O) groups is 2. The van der Waals surface area contributed by atoms with E-state index in [0.29, 0.717) is 31.6 Å². The number of hydrogen-bond donors (Lipinski definition) is 4. The molecule has 8 nitrogen and oxygen atoms in total. The van der Waals surface area contributed by atoms with Crippen LogP contribution in [0.1, 0.15) is 11.1 Å². The molecule has 4 rings (SSSR count). The van der Waals surface area contributed by atoms with Crippen molar-refractivity contribution in [1.29, 1.82) is 0 Å². The average molecular weight is 737 g/mol. The summed E-state index contributed by atoms with van der Waals surface area (Å²) in [7, 11) is 0. The first-order valence-electron chi connectivity index (χ1n) is 13.5. The molecule has 0 atom stereocenters. The molecule has 0 fully saturated rings. The molecule has 4 aromatic rings. The average Bonchev–Trinajstić information content (AvgIpc) is 2.98. The Kier molecular flexibility index (Phi) is 12.5. The lowest BCUT2D eigenvalue weighted by Gasteiger charge is -2.15. The minimum atomic E-state index is -0.447. The van der Waals surface area contributed by atoms with E-state index in [9.17, 15) is 9.59 Å². The van der Waals surface area contributed by atoms with Crippen molar-refractivity contribution in [1.82, 2.24) is 10.6 Å². The van der Waals surface area contributed by atoms with Gasteiger partial charge in [0.15, 0.2) is 23.4 Å². The number of aryl methyl sites for hydroxylation is 2. The van der Waals surface area contributed by atoms with Crippen LogP contribution in [0, 0.1) is 13.8 Å². The van der Waals surface area contributed by atoms with Crippen LogP contribution >= 0.6 is 70.8 Å². The van der Waals surface area contributed by atoms with Gasteiger partial charge in [-0.05, 0) is 121 Å². The lowest BCUT2D eigenvalue weighted by molar-refractivity contribution is -0.122. The van der Waals surface area contributed by atoms with Gasteiger partial charge in [0, 0.05) is 21.4 Å². The van der Waals surface area contributed by atoms with E-state index in [-0.39, 0.29) is 23.4 Å². The van der Waals surface area contributed by atoms with E-state index in [1.54, 1.807) is 24.3 Å². The molecule has 4 aromatic carbocycles. The number of hydrogen-bond acceptors (Lipinski definition) is 6. The van der Waals surface area contributed by atoms with Gasteiger partial charge in [-0.3, -0.25) is 20.2 Å². The molecule has 4 N–H and O–H groups in total. The van der Waals surface area contributed by atoms with Gasteiger partial charge >= 0.3 is 0 Å². The largest absolute Gasteiger partial charge is 0.482 e. The maximum absolute atomic E-state index is 12.3. The van der Waals surface area contributed by atoms with Crippen LogP contribution in [0.2, 0.25) is 20.1 Å². The maximum atomic E-state index is 12.3. The summed E-state index contributed by atoms with van der Waals surface area (Å²) in [6.07, 6.45) is 0. The van der Waals surface area contributed by atoms with Crippen LogP contribution in [-0.4, -0.2) is 35.3 Å². The standard InChI is InChI=1S/C32H26Cl4N4O4S2/c1-17-11-19(3-7-25(17)37-31(45)39-29(41)15-43-27-9-5-21(33)13-23(27)35)20-4-8-26(18(2)12-20)38-32(46)40-30(42)16-44-28-10-6-22(34)14-24(28)36/h3-14H,15-16H2,1-2H3,(H2,37,39,41,45)(H2,38,40,42,46). The summed E-state index contributed by atoms with van der Waals surface area (Å²) in [5.74, 6) is -0.223. The molecule has 0 radical (unpaired) electrons. The predicted octanol–water partition coefficient (Wildman–Crippen LogP) is 8.37. The molecule has 0 heterocycles. The number of nitrogens with one attached hydrogen (secondary N) is 4. The van der Waals surface area contributed by atoms with Gasteiger partial charge in [0.05, 0.1) is 10.0 Å². The predicted molar refractivity (Wildman–Crippen MR) is 194 cm³/mol. The van der Waals surface area contributed by atoms with Crippen molar-refractivity contribution in [2.24, 2.45) is 0 Å². The topological polar surface area (TPSA) is 101 Å². The zero-order valence-corrected chi connectivity index (χ0v) is 29.0. The molecule has 0 bridgehead atoms. The number of amides is 2. The molecule has 0 saturated heterocycles. The zero-order valence-electron chi connectivity index (χ0n) is 24.3. The molecular weight excluding hydrogens is 710 g/mol. The SMILES string of the molecule is Cc1cc(-c2ccc(NC(=S)NC(=O)COc3ccc(Cl)cc3Cl)c(C)c2)ccc1NC(=S)NC(=O)COc1ccc(Cl)cc1Cl. The van der Waals surface area contributed by atoms with Crippen molar-refractivity contribution in [3.8, 4) is 22.6 Å². The third-order valence-electron chi connectivity index (χ3n) is 6.29. The molecule has 238 valence electrons. The number of halogens is 4. The van der Waals surface area contributed by atoms with Gasteiger partial charge in [-0.2, -0.15) is 0 Å². The Morgan fingerprint density at radius 3 is 1.35 bits per heavy atom. The van der Waals surface area contributed by atoms with E-state index in [4.69, 9.17) is 80.3 Å². The summed E-state index contributed by atoms with van der Waals surface area (Å²) in [6.45, 7) is 3.29. The molecule has 0 aliphatic rings. The Morgan fingerprint density at radius 2 is 1.00 bits per heavy atom. The van der Waals surface area contributed by atoms with Crippen LogP contribution in [0.5, 0.6) is 11.5 Å². The van der Waals surface area contributed by atoms with Crippen LogP contribution in [0.4, 0.5) is 11.4 Å². The van der Waals surface area contributed by atoms with Gasteiger partial charge in [-0.15, -0.1) is 0 Å². The van der Waals surface area contributed by atoms with Crippen molar-refractivity contribution in [3.05, 3.63) is 104 Å². The Labute approximate surface area is 296 Å². The van der Waals surface area contributed by atoms with Crippen molar-refractivity contribution in [2.75, 3.05) is 23.8 Å². The first-order chi connectivity index (χ1) is 21.9. The Morgan fingerprint density at radius 1 is 0.609 bits per heavy atom. The fourth-order valence-electron chi connectivity index (χ4n) is 4.07. The zero-order chi connectivity index (χ0) is 33.4. The number of ether oxygens (including phenoxy) is 2. The van der Waals surface area contributed by atoms with E-state index in [1.165, 1.54) is 12.1 Å². The third-order valence-corrected chi connectivity index (χ3v) is 7.76. The van der Waals surface area contributed by atoms with E-state index >= 15 is 0 Å². The highest BCUT2D eigenvalue weighted by Crippen LogP contribution is 2.30. The van der Waals surface area contributed by atoms with E-state index in [0.717, 1.165) is 33.6 Å². The number of benzene rings is 4. The van der Waals surface area contributed by atoms with Gasteiger partial charge in [-0.25, -0.2) is 0 Å². The Balaban J connectivity index is 1.28. The molecule has 0 saturated carbocycles. The normalized spacial score (nSPS) is 10.5. The quantitative estimate of drug-likeness (QED) is 0.127. The minimum absolute atomic E-state index is 0.126.